The van der Waals surface area contributed by atoms with E-state index in [9.17, 15) is 4.21 Å². The monoisotopic (exact) mass is 442 g/mol. The number of para-hydroxylation sites is 1. The molecule has 0 saturated heterocycles. The van der Waals surface area contributed by atoms with Crippen LogP contribution in [0.15, 0.2) is 99.7 Å². The van der Waals surface area contributed by atoms with E-state index in [1.165, 1.54) is 5.56 Å². The van der Waals surface area contributed by atoms with Gasteiger partial charge in [0.1, 0.15) is 0 Å². The molecule has 2 atom stereocenters. The fraction of sp³-hybridized carbons (Fsp3) is 0.130. The molecule has 1 heterocycles. The van der Waals surface area contributed by atoms with Crippen LogP contribution in [0.2, 0.25) is 0 Å². The Morgan fingerprint density at radius 1 is 0.931 bits per heavy atom. The zero-order valence-corrected chi connectivity index (χ0v) is 18.5. The summed E-state index contributed by atoms with van der Waals surface area (Å²) in [5, 5.41) is 1.89. The Bertz CT molecular complexity index is 1110. The summed E-state index contributed by atoms with van der Waals surface area (Å²) in [7, 11) is -1.28. The number of halogens is 1. The van der Waals surface area contributed by atoms with Gasteiger partial charge in [0.25, 0.3) is 0 Å². The molecule has 0 fully saturated rings. The maximum Gasteiger partial charge on any atom is 0.0945 e. The van der Waals surface area contributed by atoms with Gasteiger partial charge in [0, 0.05) is 16.8 Å². The van der Waals surface area contributed by atoms with Crippen LogP contribution >= 0.6 is 24.2 Å². The van der Waals surface area contributed by atoms with Crippen molar-refractivity contribution in [2.24, 2.45) is 5.73 Å². The maximum absolute atomic E-state index is 13.6. The molecule has 0 aliphatic heterocycles. The van der Waals surface area contributed by atoms with Gasteiger partial charge in [-0.05, 0) is 30.7 Å². The summed E-state index contributed by atoms with van der Waals surface area (Å²) in [4.78, 5) is 1.65. The van der Waals surface area contributed by atoms with E-state index in [1.807, 2.05) is 67.6 Å². The zero-order valence-electron chi connectivity index (χ0n) is 16.0. The quantitative estimate of drug-likeness (QED) is 0.309. The summed E-state index contributed by atoms with van der Waals surface area (Å²) in [5.41, 5.74) is 8.45. The number of hydrogen-bond acceptors (Lipinski definition) is 3. The van der Waals surface area contributed by atoms with E-state index in [0.29, 0.717) is 6.54 Å². The Hall–Kier alpha value is -2.05. The largest absolute Gasteiger partial charge is 0.330 e. The molecule has 0 spiro atoms. The molecule has 29 heavy (non-hydrogen) atoms. The highest BCUT2D eigenvalue weighted by molar-refractivity contribution is 8.00. The second-order valence-electron chi connectivity index (χ2n) is 6.63. The summed E-state index contributed by atoms with van der Waals surface area (Å²) in [6, 6.07) is 28.1. The van der Waals surface area contributed by atoms with E-state index in [-0.39, 0.29) is 17.8 Å². The topological polar surface area (TPSA) is 48.0 Å². The lowest BCUT2D eigenvalue weighted by molar-refractivity contribution is 0.677. The Balaban J connectivity index is 0.00000240. The minimum Gasteiger partial charge on any atom is -0.330 e. The first-order valence-electron chi connectivity index (χ1n) is 9.19. The van der Waals surface area contributed by atoms with Crippen molar-refractivity contribution in [1.29, 1.82) is 0 Å². The summed E-state index contributed by atoms with van der Waals surface area (Å²) in [6.07, 6.45) is 0. The van der Waals surface area contributed by atoms with E-state index in [4.69, 9.17) is 5.73 Å². The highest BCUT2D eigenvalue weighted by Crippen LogP contribution is 2.39. The molecule has 0 aliphatic carbocycles. The summed E-state index contributed by atoms with van der Waals surface area (Å²) in [5.74, 6) is 0. The lowest BCUT2D eigenvalue weighted by Crippen LogP contribution is -2.12. The van der Waals surface area contributed by atoms with Crippen LogP contribution in [0.1, 0.15) is 12.5 Å². The molecule has 0 radical (unpaired) electrons. The van der Waals surface area contributed by atoms with Gasteiger partial charge in [-0.25, -0.2) is 4.21 Å². The third kappa shape index (κ3) is 4.59. The molecule has 0 bridgehead atoms. The van der Waals surface area contributed by atoms with Crippen LogP contribution in [0, 0.1) is 0 Å². The lowest BCUT2D eigenvalue weighted by Gasteiger charge is -2.14. The predicted molar refractivity (Wildman–Crippen MR) is 125 cm³/mol. The molecular weight excluding hydrogens is 420 g/mol. The van der Waals surface area contributed by atoms with Crippen LogP contribution in [0.5, 0.6) is 0 Å². The molecule has 4 aromatic rings. The number of thioether (sulfide) groups is 1. The molecule has 0 amide bonds. The molecular formula is C23H23ClN2OS2. The molecule has 0 aliphatic rings. The van der Waals surface area contributed by atoms with E-state index < -0.39 is 10.8 Å². The van der Waals surface area contributed by atoms with Gasteiger partial charge in [-0.3, -0.25) is 0 Å². The van der Waals surface area contributed by atoms with Gasteiger partial charge in [0.05, 0.1) is 31.6 Å². The number of aromatic nitrogens is 1. The minimum atomic E-state index is -1.28. The van der Waals surface area contributed by atoms with Crippen molar-refractivity contribution < 1.29 is 4.21 Å². The van der Waals surface area contributed by atoms with Crippen molar-refractivity contribution >= 4 is 45.9 Å². The predicted octanol–water partition coefficient (Wildman–Crippen LogP) is 5.67. The van der Waals surface area contributed by atoms with Gasteiger partial charge in [-0.15, -0.1) is 12.4 Å². The van der Waals surface area contributed by atoms with Crippen molar-refractivity contribution in [3.63, 3.8) is 0 Å². The molecule has 2 unspecified atom stereocenters. The van der Waals surface area contributed by atoms with Gasteiger partial charge < -0.3 is 10.3 Å². The van der Waals surface area contributed by atoms with Gasteiger partial charge in [-0.1, -0.05) is 78.5 Å². The Labute approximate surface area is 184 Å². The highest BCUT2D eigenvalue weighted by Gasteiger charge is 2.24. The Kier molecular flexibility index (Phi) is 7.19. The molecule has 2 N–H and O–H groups in total. The molecule has 6 heteroatoms. The summed E-state index contributed by atoms with van der Waals surface area (Å²) >= 11 is 1.57. The van der Waals surface area contributed by atoms with Crippen molar-refractivity contribution in [3.8, 4) is 0 Å². The number of nitrogens with two attached hydrogens (primary N) is 1. The molecule has 150 valence electrons. The summed E-state index contributed by atoms with van der Waals surface area (Å²) < 4.78 is 15.8. The SMILES string of the molecule is CC(N)Sc1c(S(=O)c2ccccc2)c2ccccc2n1Cc1ccccc1.Cl. The maximum atomic E-state index is 13.6. The third-order valence-electron chi connectivity index (χ3n) is 4.50. The minimum absolute atomic E-state index is 0. The Morgan fingerprint density at radius 3 is 2.17 bits per heavy atom. The fourth-order valence-corrected chi connectivity index (χ4v) is 5.82. The van der Waals surface area contributed by atoms with Gasteiger partial charge in [0.2, 0.25) is 0 Å². The molecule has 3 nitrogen and oxygen atoms in total. The van der Waals surface area contributed by atoms with Crippen molar-refractivity contribution in [2.45, 2.75) is 33.7 Å². The molecule has 1 aromatic heterocycles. The standard InChI is InChI=1S/C23H22N2OS2.ClH/c1-17(24)27-23-22(28(26)19-12-6-3-7-13-19)20-14-8-9-15-21(20)25(23)16-18-10-4-2-5-11-18;/h2-15,17H,16,24H2,1H3;1H. The second-order valence-corrected chi connectivity index (χ2v) is 9.41. The third-order valence-corrected chi connectivity index (χ3v) is 7.14. The van der Waals surface area contributed by atoms with Crippen molar-refractivity contribution in [1.82, 2.24) is 4.57 Å². The van der Waals surface area contributed by atoms with E-state index in [1.54, 1.807) is 11.8 Å². The first-order chi connectivity index (χ1) is 13.6. The van der Waals surface area contributed by atoms with Crippen LogP contribution in [0.4, 0.5) is 0 Å². The number of rotatable bonds is 6. The van der Waals surface area contributed by atoms with Crippen LogP contribution < -0.4 is 5.73 Å². The van der Waals surface area contributed by atoms with Crippen LogP contribution in [-0.4, -0.2) is 14.1 Å². The van der Waals surface area contributed by atoms with Gasteiger partial charge >= 0.3 is 0 Å². The number of nitrogens with zero attached hydrogens (tertiary/aromatic N) is 1. The first-order valence-corrected chi connectivity index (χ1v) is 11.2. The Morgan fingerprint density at radius 2 is 1.52 bits per heavy atom. The van der Waals surface area contributed by atoms with Crippen LogP contribution in [0.3, 0.4) is 0 Å². The van der Waals surface area contributed by atoms with Crippen molar-refractivity contribution in [3.05, 3.63) is 90.5 Å². The average molecular weight is 443 g/mol. The average Bonchev–Trinajstić information content (AvgIpc) is 3.01. The molecule has 0 saturated carbocycles. The van der Waals surface area contributed by atoms with Gasteiger partial charge in [0.15, 0.2) is 0 Å². The number of benzene rings is 3. The van der Waals surface area contributed by atoms with Crippen molar-refractivity contribution in [2.75, 3.05) is 0 Å². The van der Waals surface area contributed by atoms with E-state index in [0.717, 1.165) is 25.7 Å². The normalized spacial score (nSPS) is 13.0. The summed E-state index contributed by atoms with van der Waals surface area (Å²) in [6.45, 7) is 2.67. The van der Waals surface area contributed by atoms with Crippen LogP contribution in [-0.2, 0) is 17.3 Å². The number of fused-ring (bicyclic) bond motifs is 1. The second kappa shape index (κ2) is 9.63. The zero-order chi connectivity index (χ0) is 19.5. The highest BCUT2D eigenvalue weighted by atomic mass is 35.5. The van der Waals surface area contributed by atoms with Gasteiger partial charge in [-0.2, -0.15) is 0 Å². The smallest absolute Gasteiger partial charge is 0.0945 e. The van der Waals surface area contributed by atoms with E-state index >= 15 is 0 Å². The number of hydrogen-bond donors (Lipinski definition) is 1. The van der Waals surface area contributed by atoms with Crippen LogP contribution in [0.25, 0.3) is 10.9 Å². The van der Waals surface area contributed by atoms with E-state index in [2.05, 4.69) is 28.8 Å². The molecule has 4 rings (SSSR count). The molecule has 3 aromatic carbocycles. The first kappa shape index (κ1) is 21.7. The lowest BCUT2D eigenvalue weighted by atomic mass is 10.2. The fourth-order valence-electron chi connectivity index (χ4n) is 3.31.